The number of hydrogen-bond acceptors (Lipinski definition) is 2. The molecule has 1 aliphatic carbocycles. The van der Waals surface area contributed by atoms with Crippen LogP contribution in [0.2, 0.25) is 0 Å². The molecular formula is C12H23Br2NO. The summed E-state index contributed by atoms with van der Waals surface area (Å²) in [7, 11) is 4.14. The molecule has 0 heterocycles. The molecule has 96 valence electrons. The third-order valence-electron chi connectivity index (χ3n) is 3.15. The number of ketones is 1. The van der Waals surface area contributed by atoms with Crippen molar-refractivity contribution in [1.29, 1.82) is 0 Å². The minimum absolute atomic E-state index is 0. The summed E-state index contributed by atoms with van der Waals surface area (Å²) in [4.78, 5) is 14.1. The van der Waals surface area contributed by atoms with E-state index in [4.69, 9.17) is 0 Å². The maximum absolute atomic E-state index is 11.9. The maximum atomic E-state index is 11.9. The summed E-state index contributed by atoms with van der Waals surface area (Å²) in [5, 5.41) is 0. The van der Waals surface area contributed by atoms with Crippen molar-refractivity contribution in [2.24, 2.45) is 10.8 Å². The highest BCUT2D eigenvalue weighted by Gasteiger charge is 2.46. The quantitative estimate of drug-likeness (QED) is 0.707. The molecule has 0 amide bonds. The monoisotopic (exact) mass is 355 g/mol. The topological polar surface area (TPSA) is 20.3 Å². The molecule has 0 aliphatic heterocycles. The van der Waals surface area contributed by atoms with Crippen LogP contribution in [0.25, 0.3) is 0 Å². The number of alkyl halides is 1. The maximum Gasteiger partial charge on any atom is 0.147 e. The van der Waals surface area contributed by atoms with Crippen molar-refractivity contribution in [3.8, 4) is 0 Å². The smallest absolute Gasteiger partial charge is 0.147 e. The second-order valence-electron chi connectivity index (χ2n) is 6.22. The summed E-state index contributed by atoms with van der Waals surface area (Å²) in [6, 6.07) is 0. The van der Waals surface area contributed by atoms with Crippen LogP contribution in [-0.4, -0.2) is 36.2 Å². The highest BCUT2D eigenvalue weighted by Crippen LogP contribution is 2.47. The van der Waals surface area contributed by atoms with E-state index >= 15 is 0 Å². The normalized spacial score (nSPS) is 33.7. The van der Waals surface area contributed by atoms with Gasteiger partial charge in [0.1, 0.15) is 5.78 Å². The van der Waals surface area contributed by atoms with Crippen molar-refractivity contribution in [2.45, 2.75) is 38.4 Å². The average molecular weight is 357 g/mol. The summed E-state index contributed by atoms with van der Waals surface area (Å²) in [5.41, 5.74) is 0.203. The Bertz CT molecular complexity index is 266. The van der Waals surface area contributed by atoms with Gasteiger partial charge in [-0.1, -0.05) is 36.7 Å². The van der Waals surface area contributed by atoms with E-state index in [0.717, 1.165) is 13.0 Å². The van der Waals surface area contributed by atoms with Crippen LogP contribution in [0.4, 0.5) is 0 Å². The molecule has 2 unspecified atom stereocenters. The lowest BCUT2D eigenvalue weighted by atomic mass is 9.64. The van der Waals surface area contributed by atoms with Gasteiger partial charge in [0.25, 0.3) is 0 Å². The van der Waals surface area contributed by atoms with Crippen LogP contribution in [0.15, 0.2) is 0 Å². The van der Waals surface area contributed by atoms with Gasteiger partial charge in [0, 0.05) is 13.0 Å². The van der Waals surface area contributed by atoms with Crippen LogP contribution in [0.5, 0.6) is 0 Å². The predicted octanol–water partition coefficient (Wildman–Crippen LogP) is 3.28. The first kappa shape index (κ1) is 16.6. The fourth-order valence-electron chi connectivity index (χ4n) is 3.07. The summed E-state index contributed by atoms with van der Waals surface area (Å²) >= 11 is 3.53. The molecular weight excluding hydrogens is 334 g/mol. The molecule has 0 N–H and O–H groups in total. The molecule has 0 radical (unpaired) electrons. The second-order valence-corrected chi connectivity index (χ2v) is 7.14. The second kappa shape index (κ2) is 5.49. The molecule has 0 aromatic carbocycles. The Balaban J connectivity index is 0.00000225. The zero-order valence-electron chi connectivity index (χ0n) is 10.8. The fourth-order valence-corrected chi connectivity index (χ4v) is 3.40. The Morgan fingerprint density at radius 2 is 1.88 bits per heavy atom. The SMILES string of the molecule is Br.CN(C)CC1(C)CC(=O)C(Br)C(C)(C)C1. The summed E-state index contributed by atoms with van der Waals surface area (Å²) in [6.45, 7) is 7.57. The van der Waals surface area contributed by atoms with Gasteiger partial charge in [0.2, 0.25) is 0 Å². The van der Waals surface area contributed by atoms with E-state index in [9.17, 15) is 4.79 Å². The molecule has 16 heavy (non-hydrogen) atoms. The van der Waals surface area contributed by atoms with Gasteiger partial charge in [-0.2, -0.15) is 0 Å². The first-order valence-electron chi connectivity index (χ1n) is 5.48. The van der Waals surface area contributed by atoms with E-state index in [1.807, 2.05) is 0 Å². The average Bonchev–Trinajstić information content (AvgIpc) is 1.96. The van der Waals surface area contributed by atoms with E-state index in [1.54, 1.807) is 0 Å². The number of hydrogen-bond donors (Lipinski definition) is 0. The Hall–Kier alpha value is 0.590. The molecule has 0 aromatic heterocycles. The lowest BCUT2D eigenvalue weighted by Gasteiger charge is -2.45. The molecule has 2 atom stereocenters. The lowest BCUT2D eigenvalue weighted by Crippen LogP contribution is -2.48. The van der Waals surface area contributed by atoms with Crippen molar-refractivity contribution < 1.29 is 4.79 Å². The van der Waals surface area contributed by atoms with Crippen LogP contribution < -0.4 is 0 Å². The molecule has 1 fully saturated rings. The van der Waals surface area contributed by atoms with Gasteiger partial charge < -0.3 is 4.90 Å². The first-order valence-corrected chi connectivity index (χ1v) is 6.39. The third-order valence-corrected chi connectivity index (χ3v) is 4.90. The molecule has 0 saturated heterocycles. The standard InChI is InChI=1S/C12H22BrNO.BrH/c1-11(2)7-12(3,8-14(4)5)6-9(15)10(11)13;/h10H,6-8H2,1-5H3;1H. The van der Waals surface area contributed by atoms with E-state index in [0.29, 0.717) is 12.2 Å². The van der Waals surface area contributed by atoms with Gasteiger partial charge in [0.05, 0.1) is 4.83 Å². The third kappa shape index (κ3) is 3.81. The highest BCUT2D eigenvalue weighted by atomic mass is 79.9. The molecule has 0 aromatic rings. The van der Waals surface area contributed by atoms with E-state index < -0.39 is 0 Å². The lowest BCUT2D eigenvalue weighted by molar-refractivity contribution is -0.126. The summed E-state index contributed by atoms with van der Waals surface area (Å²) < 4.78 is 0. The van der Waals surface area contributed by atoms with Crippen molar-refractivity contribution in [3.63, 3.8) is 0 Å². The van der Waals surface area contributed by atoms with E-state index in [2.05, 4.69) is 55.7 Å². The molecule has 4 heteroatoms. The van der Waals surface area contributed by atoms with Crippen LogP contribution >= 0.6 is 32.9 Å². The predicted molar refractivity (Wildman–Crippen MR) is 77.7 cm³/mol. The van der Waals surface area contributed by atoms with Crippen molar-refractivity contribution in [1.82, 2.24) is 4.90 Å². The molecule has 2 nitrogen and oxygen atoms in total. The van der Waals surface area contributed by atoms with E-state index in [-0.39, 0.29) is 32.6 Å². The minimum Gasteiger partial charge on any atom is -0.309 e. The van der Waals surface area contributed by atoms with Gasteiger partial charge in [0.15, 0.2) is 0 Å². The van der Waals surface area contributed by atoms with Gasteiger partial charge in [-0.05, 0) is 31.3 Å². The van der Waals surface area contributed by atoms with Crippen LogP contribution in [0.3, 0.4) is 0 Å². The van der Waals surface area contributed by atoms with Gasteiger partial charge in [-0.25, -0.2) is 0 Å². The molecule has 0 bridgehead atoms. The number of carbonyl (C=O) groups excluding carboxylic acids is 1. The molecule has 0 spiro atoms. The van der Waals surface area contributed by atoms with Crippen molar-refractivity contribution >= 4 is 38.7 Å². The Morgan fingerprint density at radius 1 is 1.38 bits per heavy atom. The van der Waals surface area contributed by atoms with Crippen LogP contribution in [0.1, 0.15) is 33.6 Å². The summed E-state index contributed by atoms with van der Waals surface area (Å²) in [5.74, 6) is 0.357. The zero-order chi connectivity index (χ0) is 11.9. The Morgan fingerprint density at radius 3 is 2.25 bits per heavy atom. The molecule has 1 saturated carbocycles. The fraction of sp³-hybridized carbons (Fsp3) is 0.917. The molecule has 1 aliphatic rings. The van der Waals surface area contributed by atoms with E-state index in [1.165, 1.54) is 0 Å². The summed E-state index contributed by atoms with van der Waals surface area (Å²) in [6.07, 6.45) is 1.80. The highest BCUT2D eigenvalue weighted by molar-refractivity contribution is 9.10. The number of carbonyl (C=O) groups is 1. The number of nitrogens with zero attached hydrogens (tertiary/aromatic N) is 1. The number of halogens is 2. The number of Topliss-reactive ketones (excluding diaryl/α,β-unsaturated/α-hetero) is 1. The Kier molecular flexibility index (Phi) is 5.69. The minimum atomic E-state index is 0. The largest absolute Gasteiger partial charge is 0.309 e. The van der Waals surface area contributed by atoms with Gasteiger partial charge in [-0.3, -0.25) is 4.79 Å². The van der Waals surface area contributed by atoms with Crippen molar-refractivity contribution in [2.75, 3.05) is 20.6 Å². The number of rotatable bonds is 2. The molecule has 1 rings (SSSR count). The van der Waals surface area contributed by atoms with Crippen molar-refractivity contribution in [3.05, 3.63) is 0 Å². The zero-order valence-corrected chi connectivity index (χ0v) is 14.1. The van der Waals surface area contributed by atoms with Gasteiger partial charge in [-0.15, -0.1) is 17.0 Å². The van der Waals surface area contributed by atoms with Crippen LogP contribution in [-0.2, 0) is 4.79 Å². The first-order chi connectivity index (χ1) is 6.66. The Labute approximate surface area is 118 Å². The van der Waals surface area contributed by atoms with Crippen LogP contribution in [0, 0.1) is 10.8 Å². The van der Waals surface area contributed by atoms with Gasteiger partial charge >= 0.3 is 0 Å².